The van der Waals surface area contributed by atoms with Crippen LogP contribution in [0.4, 0.5) is 0 Å². The molecule has 0 unspecified atom stereocenters. The fraction of sp³-hybridized carbons (Fsp3) is 0.143. The second-order valence-corrected chi connectivity index (χ2v) is 9.23. The lowest BCUT2D eigenvalue weighted by molar-refractivity contribution is -0.114. The van der Waals surface area contributed by atoms with E-state index in [1.807, 2.05) is 86.6 Å². The lowest BCUT2D eigenvalue weighted by atomic mass is 10.1. The summed E-state index contributed by atoms with van der Waals surface area (Å²) in [6.45, 7) is 4.89. The summed E-state index contributed by atoms with van der Waals surface area (Å²) in [5, 5.41) is 15.6. The van der Waals surface area contributed by atoms with Crippen LogP contribution in [0.3, 0.4) is 0 Å². The average molecular weight is 497 g/mol. The number of nitrogens with zero attached hydrogens (tertiary/aromatic N) is 3. The summed E-state index contributed by atoms with van der Waals surface area (Å²) in [4.78, 5) is 16.8. The molecule has 8 heteroatoms. The molecule has 2 heterocycles. The molecule has 5 rings (SSSR count). The average Bonchev–Trinajstić information content (AvgIpc) is 3.31. The SMILES string of the molecule is Cc1cccc(C)c1OCCOc1ccc(/C=C2\C(=N)N3N=C(c4ccccc4)SC3=NC2=O)cc1. The number of hydrogen-bond donors (Lipinski definition) is 1. The zero-order chi connectivity index (χ0) is 25.1. The van der Waals surface area contributed by atoms with Gasteiger partial charge < -0.3 is 9.47 Å². The summed E-state index contributed by atoms with van der Waals surface area (Å²) in [5.41, 5.74) is 4.07. The molecule has 2 aliphatic heterocycles. The number of rotatable bonds is 7. The lowest BCUT2D eigenvalue weighted by Gasteiger charge is -2.20. The number of fused-ring (bicyclic) bond motifs is 1. The molecular weight excluding hydrogens is 472 g/mol. The van der Waals surface area contributed by atoms with Crippen molar-refractivity contribution in [3.05, 3.63) is 101 Å². The van der Waals surface area contributed by atoms with Gasteiger partial charge in [0.2, 0.25) is 5.17 Å². The zero-order valence-electron chi connectivity index (χ0n) is 19.9. The normalized spacial score (nSPS) is 16.1. The topological polar surface area (TPSA) is 87.3 Å². The zero-order valence-corrected chi connectivity index (χ0v) is 20.7. The number of amidine groups is 2. The van der Waals surface area contributed by atoms with Crippen LogP contribution in [0.1, 0.15) is 22.3 Å². The van der Waals surface area contributed by atoms with Crippen molar-refractivity contribution in [2.24, 2.45) is 10.1 Å². The van der Waals surface area contributed by atoms with Crippen LogP contribution in [-0.4, -0.2) is 40.2 Å². The molecular formula is C28H24N4O3S. The van der Waals surface area contributed by atoms with Crippen molar-refractivity contribution in [3.63, 3.8) is 0 Å². The third-order valence-electron chi connectivity index (χ3n) is 5.67. The van der Waals surface area contributed by atoms with E-state index in [1.54, 1.807) is 6.08 Å². The van der Waals surface area contributed by atoms with E-state index in [9.17, 15) is 4.79 Å². The Bertz CT molecular complexity index is 1390. The Morgan fingerprint density at radius 1 is 0.917 bits per heavy atom. The highest BCUT2D eigenvalue weighted by molar-refractivity contribution is 8.27. The molecule has 1 amide bonds. The number of carbonyl (C=O) groups is 1. The predicted octanol–water partition coefficient (Wildman–Crippen LogP) is 5.43. The van der Waals surface area contributed by atoms with Gasteiger partial charge in [-0.2, -0.15) is 15.1 Å². The molecule has 0 saturated heterocycles. The van der Waals surface area contributed by atoms with Gasteiger partial charge in [0.15, 0.2) is 5.84 Å². The number of carbonyl (C=O) groups excluding carboxylic acids is 1. The van der Waals surface area contributed by atoms with Gasteiger partial charge in [0.05, 0.1) is 5.57 Å². The number of hydrogen-bond acceptors (Lipinski definition) is 6. The number of amides is 1. The first kappa shape index (κ1) is 23.6. The number of benzene rings is 3. The second-order valence-electron chi connectivity index (χ2n) is 8.28. The second kappa shape index (κ2) is 10.2. The van der Waals surface area contributed by atoms with Crippen molar-refractivity contribution < 1.29 is 14.3 Å². The van der Waals surface area contributed by atoms with Crippen molar-refractivity contribution >= 4 is 39.8 Å². The summed E-state index contributed by atoms with van der Waals surface area (Å²) in [5.74, 6) is 1.14. The third-order valence-corrected chi connectivity index (χ3v) is 6.63. The van der Waals surface area contributed by atoms with Crippen molar-refractivity contribution in [2.75, 3.05) is 13.2 Å². The Labute approximate surface area is 213 Å². The van der Waals surface area contributed by atoms with E-state index in [0.29, 0.717) is 29.2 Å². The van der Waals surface area contributed by atoms with Crippen LogP contribution in [-0.2, 0) is 4.79 Å². The van der Waals surface area contributed by atoms with Crippen molar-refractivity contribution in [2.45, 2.75) is 13.8 Å². The predicted molar refractivity (Wildman–Crippen MR) is 144 cm³/mol. The van der Waals surface area contributed by atoms with Gasteiger partial charge in [-0.05, 0) is 60.5 Å². The highest BCUT2D eigenvalue weighted by atomic mass is 32.2. The minimum Gasteiger partial charge on any atom is -0.490 e. The molecule has 180 valence electrons. The van der Waals surface area contributed by atoms with Gasteiger partial charge in [-0.1, -0.05) is 60.7 Å². The minimum absolute atomic E-state index is 0.00686. The Morgan fingerprint density at radius 2 is 1.61 bits per heavy atom. The Morgan fingerprint density at radius 3 is 2.33 bits per heavy atom. The van der Waals surface area contributed by atoms with Gasteiger partial charge >= 0.3 is 0 Å². The van der Waals surface area contributed by atoms with Crippen LogP contribution in [0.15, 0.2) is 88.5 Å². The van der Waals surface area contributed by atoms with Crippen LogP contribution in [0.5, 0.6) is 11.5 Å². The van der Waals surface area contributed by atoms with Gasteiger partial charge in [0, 0.05) is 5.56 Å². The van der Waals surface area contributed by atoms with E-state index in [2.05, 4.69) is 10.1 Å². The monoisotopic (exact) mass is 496 g/mol. The molecule has 1 N–H and O–H groups in total. The van der Waals surface area contributed by atoms with E-state index < -0.39 is 5.91 Å². The highest BCUT2D eigenvalue weighted by Gasteiger charge is 2.35. The van der Waals surface area contributed by atoms with Crippen molar-refractivity contribution in [1.82, 2.24) is 5.01 Å². The molecule has 36 heavy (non-hydrogen) atoms. The number of nitrogens with one attached hydrogen (secondary N) is 1. The quantitative estimate of drug-likeness (QED) is 0.348. The first-order valence-corrected chi connectivity index (χ1v) is 12.3. The molecule has 3 aromatic rings. The maximum Gasteiger partial charge on any atom is 0.283 e. The number of ether oxygens (including phenoxy) is 2. The van der Waals surface area contributed by atoms with Gasteiger partial charge in [0.1, 0.15) is 29.8 Å². The maximum atomic E-state index is 12.7. The van der Waals surface area contributed by atoms with Gasteiger partial charge in [-0.15, -0.1) is 0 Å². The molecule has 7 nitrogen and oxygen atoms in total. The molecule has 3 aromatic carbocycles. The van der Waals surface area contributed by atoms with Gasteiger partial charge in [-0.3, -0.25) is 10.2 Å². The van der Waals surface area contributed by atoms with Crippen LogP contribution >= 0.6 is 11.8 Å². The highest BCUT2D eigenvalue weighted by Crippen LogP contribution is 2.31. The van der Waals surface area contributed by atoms with E-state index in [0.717, 1.165) is 28.0 Å². The fourth-order valence-electron chi connectivity index (χ4n) is 3.85. The van der Waals surface area contributed by atoms with Crippen molar-refractivity contribution in [1.29, 1.82) is 5.41 Å². The molecule has 0 radical (unpaired) electrons. The van der Waals surface area contributed by atoms with Gasteiger partial charge in [-0.25, -0.2) is 0 Å². The number of thioether (sulfide) groups is 1. The van der Waals surface area contributed by atoms with Crippen LogP contribution in [0.25, 0.3) is 6.08 Å². The smallest absolute Gasteiger partial charge is 0.283 e. The third kappa shape index (κ3) is 4.94. The number of hydrazone groups is 1. The molecule has 0 aromatic heterocycles. The molecule has 0 spiro atoms. The number of aryl methyl sites for hydroxylation is 2. The number of aliphatic imine (C=N–C) groups is 1. The van der Waals surface area contributed by atoms with Crippen molar-refractivity contribution in [3.8, 4) is 11.5 Å². The molecule has 0 aliphatic carbocycles. The summed E-state index contributed by atoms with van der Waals surface area (Å²) in [6, 6.07) is 23.0. The number of para-hydroxylation sites is 1. The van der Waals surface area contributed by atoms with Crippen LogP contribution < -0.4 is 9.47 Å². The summed E-state index contributed by atoms with van der Waals surface area (Å²) in [6.07, 6.45) is 1.65. The van der Waals surface area contributed by atoms with E-state index in [-0.39, 0.29) is 11.4 Å². The van der Waals surface area contributed by atoms with E-state index >= 15 is 0 Å². The first-order valence-electron chi connectivity index (χ1n) is 11.5. The Kier molecular flexibility index (Phi) is 6.69. The lowest BCUT2D eigenvalue weighted by Crippen LogP contribution is -2.35. The molecule has 0 bridgehead atoms. The molecule has 2 aliphatic rings. The standard InChI is InChI=1S/C28H24N4O3S/c1-18-7-6-8-19(2)24(18)35-16-15-34-22-13-11-20(12-14-22)17-23-25(29)32-28(30-26(23)33)36-27(31-32)21-9-4-3-5-10-21/h3-14,17,29H,15-16H2,1-2H3/b23-17+,29-25?. The summed E-state index contributed by atoms with van der Waals surface area (Å²) in [7, 11) is 0. The summed E-state index contributed by atoms with van der Waals surface area (Å²) < 4.78 is 11.7. The summed E-state index contributed by atoms with van der Waals surface area (Å²) >= 11 is 1.29. The first-order chi connectivity index (χ1) is 17.5. The molecule has 0 saturated carbocycles. The maximum absolute atomic E-state index is 12.7. The van der Waals surface area contributed by atoms with E-state index in [1.165, 1.54) is 16.8 Å². The molecule has 0 atom stereocenters. The van der Waals surface area contributed by atoms with E-state index in [4.69, 9.17) is 14.9 Å². The van der Waals surface area contributed by atoms with Gasteiger partial charge in [0.25, 0.3) is 5.91 Å². The van der Waals surface area contributed by atoms with Crippen LogP contribution in [0, 0.1) is 19.3 Å². The Hall–Kier alpha value is -4.17. The largest absolute Gasteiger partial charge is 0.490 e. The fourth-order valence-corrected chi connectivity index (χ4v) is 4.74. The minimum atomic E-state index is -0.452. The molecule has 0 fully saturated rings. The Balaban J connectivity index is 1.22. The van der Waals surface area contributed by atoms with Crippen LogP contribution in [0.2, 0.25) is 0 Å².